The van der Waals surface area contributed by atoms with Crippen LogP contribution in [0.4, 0.5) is 11.7 Å². The number of pyridine rings is 1. The maximum atomic E-state index is 12.4. The maximum absolute atomic E-state index is 12.4. The highest BCUT2D eigenvalue weighted by atomic mass is 35.5. The molecule has 0 atom stereocenters. The average Bonchev–Trinajstić information content (AvgIpc) is 3.36. The number of allylic oxidation sites excluding steroid dienone is 1. The number of ether oxygens (including phenoxy) is 1. The highest BCUT2D eigenvalue weighted by Gasteiger charge is 2.31. The lowest BCUT2D eigenvalue weighted by molar-refractivity contribution is 0.0523. The Labute approximate surface area is 162 Å². The van der Waals surface area contributed by atoms with E-state index < -0.39 is 5.97 Å². The number of anilines is 1. The second-order valence-electron chi connectivity index (χ2n) is 6.14. The molecule has 0 aromatic carbocycles. The predicted octanol–water partition coefficient (Wildman–Crippen LogP) is 3.84. The fraction of sp³-hybridized carbons (Fsp3) is 0.316. The summed E-state index contributed by atoms with van der Waals surface area (Å²) in [4.78, 5) is 22.8. The van der Waals surface area contributed by atoms with E-state index in [4.69, 9.17) is 9.15 Å². The highest BCUT2D eigenvalue weighted by molar-refractivity contribution is 6.21. The summed E-state index contributed by atoms with van der Waals surface area (Å²) < 4.78 is 11.0. The van der Waals surface area contributed by atoms with Gasteiger partial charge in [-0.2, -0.15) is 0 Å². The molecule has 1 fully saturated rings. The Kier molecular flexibility index (Phi) is 5.51. The number of hydrogen-bond acceptors (Lipinski definition) is 7. The quantitative estimate of drug-likeness (QED) is 0.799. The molecule has 0 saturated carbocycles. The molecule has 142 valence electrons. The van der Waals surface area contributed by atoms with Gasteiger partial charge in [-0.15, -0.1) is 12.4 Å². The average molecular weight is 390 g/mol. The molecule has 7 nitrogen and oxygen atoms in total. The Morgan fingerprint density at radius 2 is 2.19 bits per heavy atom. The number of aliphatic imine (C=N–C) groups is 1. The standard InChI is InChI=1S/C19H19N3O4.ClH/c1-2-25-19(24)15-16(23)14(26-18(15)22-8-3-4-9-22)10-12-11-21-17-13(12)6-5-7-20-17;/h5-7,10-11,23H,2-4,8-9H2,1H3;1H. The second-order valence-corrected chi connectivity index (χ2v) is 6.14. The minimum atomic E-state index is -0.581. The molecule has 4 heterocycles. The number of carbonyl (C=O) groups is 1. The van der Waals surface area contributed by atoms with E-state index >= 15 is 0 Å². The van der Waals surface area contributed by atoms with E-state index in [0.717, 1.165) is 37.1 Å². The third-order valence-corrected chi connectivity index (χ3v) is 4.47. The zero-order chi connectivity index (χ0) is 18.1. The number of aromatic hydroxyl groups is 1. The van der Waals surface area contributed by atoms with Crippen molar-refractivity contribution in [3.63, 3.8) is 0 Å². The Balaban J connectivity index is 0.00000210. The number of hydrogen-bond donors (Lipinski definition) is 1. The van der Waals surface area contributed by atoms with Crippen LogP contribution in [-0.2, 0) is 4.74 Å². The summed E-state index contributed by atoms with van der Waals surface area (Å²) in [5, 5.41) is 10.6. The van der Waals surface area contributed by atoms with E-state index in [-0.39, 0.29) is 36.1 Å². The van der Waals surface area contributed by atoms with Crippen LogP contribution in [0.2, 0.25) is 0 Å². The van der Waals surface area contributed by atoms with Crippen LogP contribution in [0.3, 0.4) is 0 Å². The first-order valence-corrected chi connectivity index (χ1v) is 8.68. The first-order chi connectivity index (χ1) is 12.7. The van der Waals surface area contributed by atoms with Crippen LogP contribution in [0.15, 0.2) is 27.7 Å². The van der Waals surface area contributed by atoms with E-state index in [0.29, 0.717) is 11.7 Å². The molecule has 4 rings (SSSR count). The van der Waals surface area contributed by atoms with Gasteiger partial charge in [0.25, 0.3) is 0 Å². The summed E-state index contributed by atoms with van der Waals surface area (Å²) in [5.74, 6) is 0.418. The molecule has 2 aliphatic heterocycles. The molecule has 0 radical (unpaired) electrons. The molecule has 2 aliphatic rings. The number of esters is 1. The topological polar surface area (TPSA) is 88.2 Å². The molecular formula is C19H20ClN3O4. The van der Waals surface area contributed by atoms with Gasteiger partial charge in [0.05, 0.1) is 6.61 Å². The summed E-state index contributed by atoms with van der Waals surface area (Å²) in [7, 11) is 0. The molecule has 1 N–H and O–H groups in total. The van der Waals surface area contributed by atoms with Crippen LogP contribution in [0.5, 0.6) is 5.75 Å². The molecule has 0 aliphatic carbocycles. The van der Waals surface area contributed by atoms with Gasteiger partial charge >= 0.3 is 5.97 Å². The SMILES string of the molecule is CCOC(=O)c1c(N2CCCC2)oc(C=C2C=Nc3ncccc32)c1O.Cl. The van der Waals surface area contributed by atoms with Gasteiger partial charge in [0.15, 0.2) is 22.9 Å². The Morgan fingerprint density at radius 3 is 2.93 bits per heavy atom. The van der Waals surface area contributed by atoms with E-state index in [2.05, 4.69) is 9.98 Å². The van der Waals surface area contributed by atoms with Gasteiger partial charge in [0.2, 0.25) is 5.88 Å². The summed E-state index contributed by atoms with van der Waals surface area (Å²) in [5.41, 5.74) is 1.70. The number of nitrogens with zero attached hydrogens (tertiary/aromatic N) is 3. The van der Waals surface area contributed by atoms with Crippen LogP contribution < -0.4 is 4.90 Å². The van der Waals surface area contributed by atoms with Crippen molar-refractivity contribution in [1.29, 1.82) is 0 Å². The number of aromatic nitrogens is 1. The van der Waals surface area contributed by atoms with E-state index in [9.17, 15) is 9.90 Å². The van der Waals surface area contributed by atoms with Crippen molar-refractivity contribution >= 4 is 47.9 Å². The van der Waals surface area contributed by atoms with Crippen molar-refractivity contribution in [1.82, 2.24) is 4.98 Å². The first kappa shape index (κ1) is 19.0. The van der Waals surface area contributed by atoms with Crippen LogP contribution in [0.25, 0.3) is 11.6 Å². The first-order valence-electron chi connectivity index (χ1n) is 8.68. The molecule has 0 bridgehead atoms. The fourth-order valence-electron chi connectivity index (χ4n) is 3.24. The minimum Gasteiger partial charge on any atom is -0.504 e. The number of halogens is 1. The van der Waals surface area contributed by atoms with Crippen molar-refractivity contribution in [2.75, 3.05) is 24.6 Å². The van der Waals surface area contributed by atoms with E-state index in [1.165, 1.54) is 0 Å². The predicted molar refractivity (Wildman–Crippen MR) is 105 cm³/mol. The number of rotatable bonds is 4. The van der Waals surface area contributed by atoms with Crippen molar-refractivity contribution in [2.24, 2.45) is 4.99 Å². The maximum Gasteiger partial charge on any atom is 0.347 e. The lowest BCUT2D eigenvalue weighted by Crippen LogP contribution is -2.20. The normalized spacial score (nSPS) is 16.5. The van der Waals surface area contributed by atoms with E-state index in [1.807, 2.05) is 17.0 Å². The molecule has 0 amide bonds. The molecular weight excluding hydrogens is 370 g/mol. The Hall–Kier alpha value is -2.80. The largest absolute Gasteiger partial charge is 0.504 e. The zero-order valence-electron chi connectivity index (χ0n) is 14.8. The third-order valence-electron chi connectivity index (χ3n) is 4.47. The van der Waals surface area contributed by atoms with Crippen LogP contribution in [-0.4, -0.2) is 42.0 Å². The summed E-state index contributed by atoms with van der Waals surface area (Å²) in [6.07, 6.45) is 7.05. The van der Waals surface area contributed by atoms with Crippen LogP contribution in [0.1, 0.15) is 41.4 Å². The lowest BCUT2D eigenvalue weighted by Gasteiger charge is -2.15. The van der Waals surface area contributed by atoms with Crippen LogP contribution in [0, 0.1) is 0 Å². The van der Waals surface area contributed by atoms with Gasteiger partial charge in [-0.3, -0.25) is 0 Å². The molecule has 8 heteroatoms. The third kappa shape index (κ3) is 3.42. The molecule has 27 heavy (non-hydrogen) atoms. The second kappa shape index (κ2) is 7.84. The number of carbonyl (C=O) groups excluding carboxylic acids is 1. The smallest absolute Gasteiger partial charge is 0.347 e. The molecule has 0 spiro atoms. The Bertz CT molecular complexity index is 914. The number of furan rings is 1. The van der Waals surface area contributed by atoms with Gasteiger partial charge in [0, 0.05) is 36.6 Å². The van der Waals surface area contributed by atoms with Crippen molar-refractivity contribution < 1.29 is 19.1 Å². The van der Waals surface area contributed by atoms with Gasteiger partial charge in [0.1, 0.15) is 0 Å². The van der Waals surface area contributed by atoms with Crippen molar-refractivity contribution in [2.45, 2.75) is 19.8 Å². The van der Waals surface area contributed by atoms with E-state index in [1.54, 1.807) is 25.4 Å². The van der Waals surface area contributed by atoms with Crippen molar-refractivity contribution in [3.05, 3.63) is 35.2 Å². The monoisotopic (exact) mass is 389 g/mol. The molecule has 0 unspecified atom stereocenters. The summed E-state index contributed by atoms with van der Waals surface area (Å²) in [6, 6.07) is 3.72. The van der Waals surface area contributed by atoms with Crippen molar-refractivity contribution in [3.8, 4) is 5.75 Å². The summed E-state index contributed by atoms with van der Waals surface area (Å²) >= 11 is 0. The highest BCUT2D eigenvalue weighted by Crippen LogP contribution is 2.40. The van der Waals surface area contributed by atoms with Gasteiger partial charge in [-0.25, -0.2) is 14.8 Å². The molecule has 2 aromatic heterocycles. The van der Waals surface area contributed by atoms with Crippen LogP contribution >= 0.6 is 12.4 Å². The lowest BCUT2D eigenvalue weighted by atomic mass is 10.1. The van der Waals surface area contributed by atoms with Gasteiger partial charge < -0.3 is 19.2 Å². The van der Waals surface area contributed by atoms with Gasteiger partial charge in [-0.05, 0) is 38.0 Å². The fourth-order valence-corrected chi connectivity index (χ4v) is 3.24. The minimum absolute atomic E-state index is 0. The Morgan fingerprint density at radius 1 is 1.41 bits per heavy atom. The number of fused-ring (bicyclic) bond motifs is 1. The zero-order valence-corrected chi connectivity index (χ0v) is 15.7. The summed E-state index contributed by atoms with van der Waals surface area (Å²) in [6.45, 7) is 3.52. The van der Waals surface area contributed by atoms with Gasteiger partial charge in [-0.1, -0.05) is 0 Å². The molecule has 2 aromatic rings. The molecule has 1 saturated heterocycles.